The molecule has 0 radical (unpaired) electrons. The highest BCUT2D eigenvalue weighted by Gasteiger charge is 2.20. The maximum absolute atomic E-state index is 12.7. The van der Waals surface area contributed by atoms with Crippen LogP contribution in [0.3, 0.4) is 0 Å². The van der Waals surface area contributed by atoms with E-state index in [2.05, 4.69) is 10.1 Å². The van der Waals surface area contributed by atoms with Crippen molar-refractivity contribution in [3.63, 3.8) is 0 Å². The van der Waals surface area contributed by atoms with Crippen molar-refractivity contribution in [3.05, 3.63) is 64.9 Å². The van der Waals surface area contributed by atoms with E-state index in [0.717, 1.165) is 10.6 Å². The van der Waals surface area contributed by atoms with Crippen molar-refractivity contribution in [2.75, 3.05) is 7.05 Å². The van der Waals surface area contributed by atoms with Gasteiger partial charge in [0.2, 0.25) is 0 Å². The van der Waals surface area contributed by atoms with Gasteiger partial charge in [-0.05, 0) is 31.2 Å². The van der Waals surface area contributed by atoms with Gasteiger partial charge in [-0.15, -0.1) is 11.3 Å². The van der Waals surface area contributed by atoms with Crippen molar-refractivity contribution in [1.82, 2.24) is 19.7 Å². The fourth-order valence-corrected chi connectivity index (χ4v) is 2.93. The number of benzene rings is 1. The summed E-state index contributed by atoms with van der Waals surface area (Å²) >= 11 is 1.55. The first kappa shape index (κ1) is 14.5. The quantitative estimate of drug-likeness (QED) is 0.743. The molecule has 0 aliphatic carbocycles. The number of hydrogen-bond donors (Lipinski definition) is 0. The average Bonchev–Trinajstić information content (AvgIpc) is 3.25. The fourth-order valence-electron chi connectivity index (χ4n) is 2.21. The Labute approximate surface area is 132 Å². The van der Waals surface area contributed by atoms with E-state index >= 15 is 0 Å². The van der Waals surface area contributed by atoms with Crippen molar-refractivity contribution in [3.8, 4) is 5.69 Å². The summed E-state index contributed by atoms with van der Waals surface area (Å²) < 4.78 is 1.74. The summed E-state index contributed by atoms with van der Waals surface area (Å²) in [4.78, 5) is 19.6. The lowest BCUT2D eigenvalue weighted by Crippen LogP contribution is -2.29. The first-order valence-electron chi connectivity index (χ1n) is 6.92. The standard InChI is InChI=1S/C16H16N4OS/c1-12(15-10-17-11-22-15)19(2)16(21)13-5-3-6-14(9-13)20-8-4-7-18-20/h3-12H,1-2H3/t12-/m1/s1. The van der Waals surface area contributed by atoms with Crippen molar-refractivity contribution in [1.29, 1.82) is 0 Å². The highest BCUT2D eigenvalue weighted by atomic mass is 32.1. The van der Waals surface area contributed by atoms with Gasteiger partial charge in [-0.1, -0.05) is 6.07 Å². The van der Waals surface area contributed by atoms with Gasteiger partial charge in [0.05, 0.1) is 17.2 Å². The molecule has 0 unspecified atom stereocenters. The number of carbonyl (C=O) groups is 1. The molecule has 1 aromatic carbocycles. The average molecular weight is 312 g/mol. The number of rotatable bonds is 4. The summed E-state index contributed by atoms with van der Waals surface area (Å²) in [5, 5.41) is 4.19. The number of aromatic nitrogens is 3. The third-order valence-corrected chi connectivity index (χ3v) is 4.57. The molecule has 0 saturated heterocycles. The van der Waals surface area contributed by atoms with Crippen LogP contribution in [-0.2, 0) is 0 Å². The van der Waals surface area contributed by atoms with Gasteiger partial charge < -0.3 is 4.90 Å². The molecule has 3 aromatic rings. The summed E-state index contributed by atoms with van der Waals surface area (Å²) in [6, 6.07) is 9.32. The summed E-state index contributed by atoms with van der Waals surface area (Å²) in [7, 11) is 1.81. The highest BCUT2D eigenvalue weighted by molar-refractivity contribution is 7.09. The maximum Gasteiger partial charge on any atom is 0.254 e. The molecule has 3 rings (SSSR count). The maximum atomic E-state index is 12.7. The molecule has 0 aliphatic heterocycles. The third kappa shape index (κ3) is 2.78. The molecule has 0 spiro atoms. The molecule has 112 valence electrons. The summed E-state index contributed by atoms with van der Waals surface area (Å²) in [6.07, 6.45) is 5.37. The number of nitrogens with zero attached hydrogens (tertiary/aromatic N) is 4. The van der Waals surface area contributed by atoms with E-state index in [1.54, 1.807) is 38.8 Å². The largest absolute Gasteiger partial charge is 0.334 e. The Balaban J connectivity index is 1.84. The van der Waals surface area contributed by atoms with Crippen LogP contribution >= 0.6 is 11.3 Å². The van der Waals surface area contributed by atoms with Crippen LogP contribution in [0.4, 0.5) is 0 Å². The molecule has 0 N–H and O–H groups in total. The van der Waals surface area contributed by atoms with Crippen molar-refractivity contribution in [2.45, 2.75) is 13.0 Å². The van der Waals surface area contributed by atoms with Crippen molar-refractivity contribution >= 4 is 17.2 Å². The van der Waals surface area contributed by atoms with Crippen LogP contribution in [0.1, 0.15) is 28.2 Å². The summed E-state index contributed by atoms with van der Waals surface area (Å²) in [6.45, 7) is 2.00. The molecular weight excluding hydrogens is 296 g/mol. The molecule has 0 aliphatic rings. The number of amides is 1. The predicted octanol–water partition coefficient (Wildman–Crippen LogP) is 3.16. The van der Waals surface area contributed by atoms with Gasteiger partial charge in [-0.25, -0.2) is 4.68 Å². The van der Waals surface area contributed by atoms with Crippen molar-refractivity contribution < 1.29 is 4.79 Å². The molecule has 0 saturated carbocycles. The van der Waals surface area contributed by atoms with Gasteiger partial charge in [0.1, 0.15) is 0 Å². The minimum Gasteiger partial charge on any atom is -0.334 e. The second-order valence-electron chi connectivity index (χ2n) is 5.00. The van der Waals surface area contributed by atoms with E-state index in [0.29, 0.717) is 5.56 Å². The summed E-state index contributed by atoms with van der Waals surface area (Å²) in [5.74, 6) is -0.0186. The Morgan fingerprint density at radius 3 is 2.91 bits per heavy atom. The van der Waals surface area contributed by atoms with Gasteiger partial charge in [-0.3, -0.25) is 9.78 Å². The van der Waals surface area contributed by atoms with Crippen LogP contribution in [0.2, 0.25) is 0 Å². The normalized spacial score (nSPS) is 12.1. The molecular formula is C16H16N4OS. The van der Waals surface area contributed by atoms with Crippen LogP contribution in [0.15, 0.2) is 54.4 Å². The van der Waals surface area contributed by atoms with Gasteiger partial charge in [0, 0.05) is 36.1 Å². The number of hydrogen-bond acceptors (Lipinski definition) is 4. The minimum atomic E-state index is -0.0186. The topological polar surface area (TPSA) is 51.0 Å². The van der Waals surface area contributed by atoms with E-state index < -0.39 is 0 Å². The predicted molar refractivity (Wildman–Crippen MR) is 86.2 cm³/mol. The monoisotopic (exact) mass is 312 g/mol. The van der Waals surface area contributed by atoms with E-state index in [-0.39, 0.29) is 11.9 Å². The SMILES string of the molecule is C[C@H](c1cncs1)N(C)C(=O)c1cccc(-n2cccn2)c1. The van der Waals surface area contributed by atoms with Gasteiger partial charge in [0.15, 0.2) is 0 Å². The molecule has 0 fully saturated rings. The lowest BCUT2D eigenvalue weighted by atomic mass is 10.1. The van der Waals surface area contributed by atoms with Crippen LogP contribution in [0.5, 0.6) is 0 Å². The zero-order chi connectivity index (χ0) is 15.5. The lowest BCUT2D eigenvalue weighted by Gasteiger charge is -2.24. The van der Waals surface area contributed by atoms with Crippen LogP contribution in [-0.4, -0.2) is 32.6 Å². The van der Waals surface area contributed by atoms with E-state index in [1.165, 1.54) is 0 Å². The molecule has 6 heteroatoms. The molecule has 1 amide bonds. The molecule has 22 heavy (non-hydrogen) atoms. The summed E-state index contributed by atoms with van der Waals surface area (Å²) in [5.41, 5.74) is 3.30. The molecule has 2 heterocycles. The van der Waals surface area contributed by atoms with Crippen LogP contribution in [0.25, 0.3) is 5.69 Å². The zero-order valence-corrected chi connectivity index (χ0v) is 13.2. The smallest absolute Gasteiger partial charge is 0.254 e. The fraction of sp³-hybridized carbons (Fsp3) is 0.188. The van der Waals surface area contributed by atoms with E-state index in [1.807, 2.05) is 50.5 Å². The van der Waals surface area contributed by atoms with Gasteiger partial charge in [0.25, 0.3) is 5.91 Å². The first-order chi connectivity index (χ1) is 10.7. The Morgan fingerprint density at radius 1 is 1.36 bits per heavy atom. The Kier molecular flexibility index (Phi) is 4.02. The second kappa shape index (κ2) is 6.11. The van der Waals surface area contributed by atoms with E-state index in [9.17, 15) is 4.79 Å². The van der Waals surface area contributed by atoms with Gasteiger partial charge in [-0.2, -0.15) is 5.10 Å². The third-order valence-electron chi connectivity index (χ3n) is 3.63. The molecule has 5 nitrogen and oxygen atoms in total. The number of thiazole rings is 1. The Morgan fingerprint density at radius 2 is 2.23 bits per heavy atom. The van der Waals surface area contributed by atoms with Crippen molar-refractivity contribution in [2.24, 2.45) is 0 Å². The number of carbonyl (C=O) groups excluding carboxylic acids is 1. The Bertz CT molecular complexity index is 752. The lowest BCUT2D eigenvalue weighted by molar-refractivity contribution is 0.0745. The molecule has 1 atom stereocenters. The highest BCUT2D eigenvalue weighted by Crippen LogP contribution is 2.24. The first-order valence-corrected chi connectivity index (χ1v) is 7.80. The van der Waals surface area contributed by atoms with E-state index in [4.69, 9.17) is 0 Å². The van der Waals surface area contributed by atoms with Crippen LogP contribution < -0.4 is 0 Å². The van der Waals surface area contributed by atoms with Crippen LogP contribution in [0, 0.1) is 0 Å². The zero-order valence-electron chi connectivity index (χ0n) is 12.4. The molecule has 2 aromatic heterocycles. The Hall–Kier alpha value is -2.47. The minimum absolute atomic E-state index is 0.00615. The second-order valence-corrected chi connectivity index (χ2v) is 5.91. The van der Waals surface area contributed by atoms with Gasteiger partial charge >= 0.3 is 0 Å². The molecule has 0 bridgehead atoms.